The summed E-state index contributed by atoms with van der Waals surface area (Å²) in [5.74, 6) is -1.31. The predicted molar refractivity (Wildman–Crippen MR) is 143 cm³/mol. The van der Waals surface area contributed by atoms with Gasteiger partial charge in [0.1, 0.15) is 18.3 Å². The van der Waals surface area contributed by atoms with Gasteiger partial charge in [0.15, 0.2) is 5.69 Å². The lowest BCUT2D eigenvalue weighted by Crippen LogP contribution is -2.52. The number of hydrogen-bond donors (Lipinski definition) is 3. The Hall–Kier alpha value is -3.82. The second-order valence-electron chi connectivity index (χ2n) is 10.5. The maximum atomic E-state index is 13.6. The number of benzene rings is 1. The third-order valence-electron chi connectivity index (χ3n) is 6.97. The Morgan fingerprint density at radius 1 is 1.08 bits per heavy atom. The number of carbonyl (C=O) groups is 3. The summed E-state index contributed by atoms with van der Waals surface area (Å²) in [6.45, 7) is 5.36. The van der Waals surface area contributed by atoms with Crippen LogP contribution >= 0.6 is 0 Å². The second-order valence-corrected chi connectivity index (χ2v) is 10.5. The van der Waals surface area contributed by atoms with Gasteiger partial charge in [-0.25, -0.2) is 14.6 Å². The highest BCUT2D eigenvalue weighted by molar-refractivity contribution is 5.88. The number of oxazole rings is 1. The molecule has 1 fully saturated rings. The van der Waals surface area contributed by atoms with Gasteiger partial charge < -0.3 is 29.6 Å². The van der Waals surface area contributed by atoms with Crippen molar-refractivity contribution < 1.29 is 23.9 Å². The van der Waals surface area contributed by atoms with E-state index >= 15 is 0 Å². The Bertz CT molecular complexity index is 1270. The predicted octanol–water partition coefficient (Wildman–Crippen LogP) is 4.26. The molecule has 0 radical (unpaired) electrons. The third-order valence-corrected chi connectivity index (χ3v) is 6.97. The number of amides is 3. The molecule has 0 spiro atoms. The van der Waals surface area contributed by atoms with Gasteiger partial charge in [-0.05, 0) is 36.8 Å². The van der Waals surface area contributed by atoms with Gasteiger partial charge in [0.05, 0.1) is 0 Å². The van der Waals surface area contributed by atoms with E-state index in [2.05, 4.69) is 15.6 Å². The molecule has 0 bridgehead atoms. The van der Waals surface area contributed by atoms with Crippen molar-refractivity contribution in [3.63, 3.8) is 0 Å². The summed E-state index contributed by atoms with van der Waals surface area (Å²) in [6, 6.07) is 6.21. The Balaban J connectivity index is 1.58. The quantitative estimate of drug-likeness (QED) is 0.384. The fourth-order valence-corrected chi connectivity index (χ4v) is 5.04. The van der Waals surface area contributed by atoms with Crippen LogP contribution in [0.15, 0.2) is 41.1 Å². The van der Waals surface area contributed by atoms with Gasteiger partial charge in [-0.15, -0.1) is 0 Å². The van der Waals surface area contributed by atoms with E-state index in [0.29, 0.717) is 25.9 Å². The number of aromatic nitrogens is 2. The number of carbonyl (C=O) groups excluding carboxylic acids is 2. The van der Waals surface area contributed by atoms with E-state index < -0.39 is 18.1 Å². The van der Waals surface area contributed by atoms with Gasteiger partial charge in [0.2, 0.25) is 11.8 Å². The fourth-order valence-electron chi connectivity index (χ4n) is 5.04. The first-order chi connectivity index (χ1) is 18.2. The molecule has 10 nitrogen and oxygen atoms in total. The average Bonchev–Trinajstić information content (AvgIpc) is 3.38. The molecule has 1 saturated heterocycles. The van der Waals surface area contributed by atoms with Crippen LogP contribution in [0, 0.1) is 5.92 Å². The number of hydrogen-bond acceptors (Lipinski definition) is 5. The highest BCUT2D eigenvalue weighted by atomic mass is 16.4. The molecular formula is C28H37N5O5. The first kappa shape index (κ1) is 27.2. The molecule has 1 aromatic carbocycles. The lowest BCUT2D eigenvalue weighted by molar-refractivity contribution is -0.124. The number of aryl methyl sites for hydroxylation is 1. The van der Waals surface area contributed by atoms with Crippen LogP contribution in [0.25, 0.3) is 10.9 Å². The number of para-hydroxylation sites is 1. The van der Waals surface area contributed by atoms with Crippen molar-refractivity contribution >= 4 is 28.8 Å². The van der Waals surface area contributed by atoms with Gasteiger partial charge in [0.25, 0.3) is 0 Å². The number of rotatable bonds is 9. The molecule has 3 amide bonds. The number of nitrogens with one attached hydrogen (secondary N) is 2. The normalized spacial score (nSPS) is 15.7. The van der Waals surface area contributed by atoms with E-state index in [9.17, 15) is 19.5 Å². The Labute approximate surface area is 222 Å². The van der Waals surface area contributed by atoms with Gasteiger partial charge >= 0.3 is 12.0 Å². The molecule has 3 heterocycles. The summed E-state index contributed by atoms with van der Waals surface area (Å²) in [5.41, 5.74) is 1.76. The van der Waals surface area contributed by atoms with Gasteiger partial charge in [-0.3, -0.25) is 4.79 Å². The first-order valence-corrected chi connectivity index (χ1v) is 13.3. The van der Waals surface area contributed by atoms with Crippen molar-refractivity contribution in [3.05, 3.63) is 53.9 Å². The molecule has 0 aliphatic carbocycles. The average molecular weight is 524 g/mol. The van der Waals surface area contributed by atoms with Crippen molar-refractivity contribution in [2.45, 2.75) is 64.5 Å². The zero-order valence-electron chi connectivity index (χ0n) is 22.3. The van der Waals surface area contributed by atoms with Crippen LogP contribution in [0.4, 0.5) is 4.79 Å². The monoisotopic (exact) mass is 523 g/mol. The Morgan fingerprint density at radius 3 is 2.45 bits per heavy atom. The molecule has 2 atom stereocenters. The minimum atomic E-state index is -1.21. The summed E-state index contributed by atoms with van der Waals surface area (Å²) in [5, 5.41) is 16.3. The van der Waals surface area contributed by atoms with E-state index in [1.807, 2.05) is 55.9 Å². The highest BCUT2D eigenvalue weighted by Gasteiger charge is 2.30. The van der Waals surface area contributed by atoms with Crippen LogP contribution in [0.2, 0.25) is 0 Å². The number of urea groups is 1. The van der Waals surface area contributed by atoms with Crippen LogP contribution < -0.4 is 10.6 Å². The van der Waals surface area contributed by atoms with Crippen LogP contribution in [-0.4, -0.2) is 56.6 Å². The maximum absolute atomic E-state index is 13.6. The molecule has 38 heavy (non-hydrogen) atoms. The number of fused-ring (bicyclic) bond motifs is 1. The second kappa shape index (κ2) is 12.1. The van der Waals surface area contributed by atoms with E-state index in [1.54, 1.807) is 4.90 Å². The number of carboxylic acids is 1. The summed E-state index contributed by atoms with van der Waals surface area (Å²) in [7, 11) is 1.95. The molecule has 1 aliphatic heterocycles. The summed E-state index contributed by atoms with van der Waals surface area (Å²) in [6.07, 6.45) is 7.97. The Kier molecular flexibility index (Phi) is 8.70. The third kappa shape index (κ3) is 6.54. The standard InChI is InChI=1S/C28H37N5O5/c1-18(2)14-21(31-28(37)33-12-8-4-5-9-13-33)25(34)29-22(26-30-23(17-38-26)27(35)36)15-19-16-32(3)24-11-7-6-10-20(19)24/h6-7,10-11,16-18,21-22H,4-5,8-9,12-15H2,1-3H3,(H,29,34)(H,31,37)(H,35,36)/t21-,22+/m0/s1. The molecule has 1 aliphatic rings. The molecule has 3 aromatic rings. The van der Waals surface area contributed by atoms with Crippen molar-refractivity contribution in [1.82, 2.24) is 25.1 Å². The van der Waals surface area contributed by atoms with Gasteiger partial charge in [-0.2, -0.15) is 0 Å². The Morgan fingerprint density at radius 2 is 1.79 bits per heavy atom. The minimum Gasteiger partial charge on any atom is -0.476 e. The lowest BCUT2D eigenvalue weighted by Gasteiger charge is -2.27. The largest absolute Gasteiger partial charge is 0.476 e. The molecule has 4 rings (SSSR count). The summed E-state index contributed by atoms with van der Waals surface area (Å²) < 4.78 is 7.53. The molecular weight excluding hydrogens is 486 g/mol. The zero-order chi connectivity index (χ0) is 27.2. The van der Waals surface area contributed by atoms with Gasteiger partial charge in [-0.1, -0.05) is 44.9 Å². The summed E-state index contributed by atoms with van der Waals surface area (Å²) >= 11 is 0. The van der Waals surface area contributed by atoms with Crippen molar-refractivity contribution in [2.75, 3.05) is 13.1 Å². The molecule has 2 aromatic heterocycles. The SMILES string of the molecule is CC(C)C[C@H](NC(=O)N1CCCCCC1)C(=O)N[C@H](Cc1cn(C)c2ccccc12)c1nc(C(=O)O)co1. The van der Waals surface area contributed by atoms with Crippen molar-refractivity contribution in [3.8, 4) is 0 Å². The van der Waals surface area contributed by atoms with Crippen LogP contribution in [0.3, 0.4) is 0 Å². The first-order valence-electron chi connectivity index (χ1n) is 13.3. The van der Waals surface area contributed by atoms with E-state index in [1.165, 1.54) is 0 Å². The number of aromatic carboxylic acids is 1. The van der Waals surface area contributed by atoms with Crippen LogP contribution in [0.1, 0.15) is 73.9 Å². The maximum Gasteiger partial charge on any atom is 0.357 e. The molecule has 10 heteroatoms. The van der Waals surface area contributed by atoms with Crippen molar-refractivity contribution in [2.24, 2.45) is 13.0 Å². The molecule has 204 valence electrons. The van der Waals surface area contributed by atoms with Crippen LogP contribution in [0.5, 0.6) is 0 Å². The van der Waals surface area contributed by atoms with E-state index in [-0.39, 0.29) is 29.4 Å². The number of carboxylic acid groups (broad SMARTS) is 1. The molecule has 3 N–H and O–H groups in total. The lowest BCUT2D eigenvalue weighted by atomic mass is 10.0. The van der Waals surface area contributed by atoms with Crippen molar-refractivity contribution in [1.29, 1.82) is 0 Å². The molecule has 0 saturated carbocycles. The van der Waals surface area contributed by atoms with E-state index in [0.717, 1.165) is 48.4 Å². The topological polar surface area (TPSA) is 130 Å². The van der Waals surface area contributed by atoms with Crippen LogP contribution in [-0.2, 0) is 18.3 Å². The summed E-state index contributed by atoms with van der Waals surface area (Å²) in [4.78, 5) is 44.0. The van der Waals surface area contributed by atoms with Gasteiger partial charge in [0, 0.05) is 43.7 Å². The molecule has 0 unspecified atom stereocenters. The zero-order valence-corrected chi connectivity index (χ0v) is 22.3. The highest BCUT2D eigenvalue weighted by Crippen LogP contribution is 2.26. The fraction of sp³-hybridized carbons (Fsp3) is 0.500. The number of likely N-dealkylation sites (tertiary alicyclic amines) is 1. The van der Waals surface area contributed by atoms with E-state index in [4.69, 9.17) is 4.42 Å². The minimum absolute atomic E-state index is 0.103. The smallest absolute Gasteiger partial charge is 0.357 e. The number of nitrogens with zero attached hydrogens (tertiary/aromatic N) is 3.